The highest BCUT2D eigenvalue weighted by molar-refractivity contribution is 7.90. The maximum atomic E-state index is 13.6. The number of nitrogens with one attached hydrogen (secondary N) is 2. The Kier molecular flexibility index (Phi) is 11.8. The van der Waals surface area contributed by atoms with Gasteiger partial charge >= 0.3 is 0 Å². The van der Waals surface area contributed by atoms with Crippen molar-refractivity contribution in [3.8, 4) is 22.6 Å². The average molecular weight is 738 g/mol. The van der Waals surface area contributed by atoms with Crippen molar-refractivity contribution in [1.29, 1.82) is 0 Å². The zero-order chi connectivity index (χ0) is 36.7. The van der Waals surface area contributed by atoms with Gasteiger partial charge in [0.2, 0.25) is 0 Å². The number of piperazine rings is 1. The summed E-state index contributed by atoms with van der Waals surface area (Å²) in [6, 6.07) is 35.6. The number of aryl methyl sites for hydroxylation is 1. The van der Waals surface area contributed by atoms with Crippen LogP contribution in [0.25, 0.3) is 11.1 Å². The van der Waals surface area contributed by atoms with Crippen molar-refractivity contribution in [2.75, 3.05) is 63.6 Å². The van der Waals surface area contributed by atoms with Crippen LogP contribution in [0.5, 0.6) is 11.5 Å². The molecular formula is C41H44ClN5O4S. The Morgan fingerprint density at radius 3 is 2.27 bits per heavy atom. The minimum Gasteiger partial charge on any atom is -0.456 e. The highest BCUT2D eigenvalue weighted by Gasteiger charge is 2.25. The van der Waals surface area contributed by atoms with Crippen molar-refractivity contribution in [2.45, 2.75) is 18.4 Å². The number of carbonyl (C=O) groups excluding carboxylic acids is 1. The molecule has 0 aromatic heterocycles. The Morgan fingerprint density at radius 1 is 0.846 bits per heavy atom. The molecule has 52 heavy (non-hydrogen) atoms. The summed E-state index contributed by atoms with van der Waals surface area (Å²) in [4.78, 5) is 20.4. The number of ether oxygens (including phenoxy) is 1. The lowest BCUT2D eigenvalue weighted by atomic mass is 9.99. The predicted octanol–water partition coefficient (Wildman–Crippen LogP) is 7.52. The van der Waals surface area contributed by atoms with Crippen LogP contribution in [0.4, 0.5) is 11.4 Å². The zero-order valence-electron chi connectivity index (χ0n) is 29.7. The lowest BCUT2D eigenvalue weighted by Crippen LogP contribution is -2.46. The van der Waals surface area contributed by atoms with Gasteiger partial charge in [-0.1, -0.05) is 66.2 Å². The molecule has 9 nitrogen and oxygen atoms in total. The van der Waals surface area contributed by atoms with Gasteiger partial charge in [0, 0.05) is 68.3 Å². The SMILES string of the molecule is Cc1cc(S(=O)(=O)NC(=O)c2ccc(N3CCN(Cc4ccccc4-c4ccc(Cl)cc4)CC3)cc2Oc2ccccc2)ccc1NCCN(C)C. The third-order valence-electron chi connectivity index (χ3n) is 9.09. The van der Waals surface area contributed by atoms with Gasteiger partial charge in [0.15, 0.2) is 0 Å². The Balaban J connectivity index is 1.16. The molecule has 5 aromatic carbocycles. The van der Waals surface area contributed by atoms with E-state index in [2.05, 4.69) is 61.1 Å². The Bertz CT molecular complexity index is 2100. The topological polar surface area (TPSA) is 94.2 Å². The van der Waals surface area contributed by atoms with Gasteiger partial charge in [0.1, 0.15) is 11.5 Å². The number of anilines is 2. The predicted molar refractivity (Wildman–Crippen MR) is 210 cm³/mol. The molecule has 0 unspecified atom stereocenters. The summed E-state index contributed by atoms with van der Waals surface area (Å²) >= 11 is 6.14. The van der Waals surface area contributed by atoms with Gasteiger partial charge < -0.3 is 19.9 Å². The summed E-state index contributed by atoms with van der Waals surface area (Å²) in [5.41, 5.74) is 6.19. The number of benzene rings is 5. The van der Waals surface area contributed by atoms with Gasteiger partial charge in [-0.3, -0.25) is 9.69 Å². The number of likely N-dealkylation sites (N-methyl/N-ethyl adjacent to an activating group) is 1. The number of carbonyl (C=O) groups is 1. The molecule has 0 aliphatic carbocycles. The van der Waals surface area contributed by atoms with Crippen LogP contribution in [0.1, 0.15) is 21.5 Å². The second-order valence-corrected chi connectivity index (χ2v) is 15.3. The summed E-state index contributed by atoms with van der Waals surface area (Å²) in [7, 11) is -0.189. The first-order chi connectivity index (χ1) is 25.1. The maximum absolute atomic E-state index is 13.6. The van der Waals surface area contributed by atoms with Crippen molar-refractivity contribution in [3.63, 3.8) is 0 Å². The fourth-order valence-electron chi connectivity index (χ4n) is 6.22. The number of para-hydroxylation sites is 1. The normalized spacial score (nSPS) is 13.6. The van der Waals surface area contributed by atoms with Crippen molar-refractivity contribution in [1.82, 2.24) is 14.5 Å². The molecule has 1 aliphatic heterocycles. The highest BCUT2D eigenvalue weighted by atomic mass is 35.5. The van der Waals surface area contributed by atoms with Gasteiger partial charge in [-0.2, -0.15) is 0 Å². The molecule has 1 saturated heterocycles. The first kappa shape index (κ1) is 36.9. The number of amides is 1. The summed E-state index contributed by atoms with van der Waals surface area (Å²) in [6.45, 7) is 7.42. The Morgan fingerprint density at radius 2 is 1.56 bits per heavy atom. The lowest BCUT2D eigenvalue weighted by Gasteiger charge is -2.36. The summed E-state index contributed by atoms with van der Waals surface area (Å²) in [5, 5.41) is 4.04. The Hall–Kier alpha value is -4.87. The van der Waals surface area contributed by atoms with E-state index in [1.54, 1.807) is 30.3 Å². The second-order valence-electron chi connectivity index (χ2n) is 13.2. The number of hydrogen-bond acceptors (Lipinski definition) is 8. The van der Waals surface area contributed by atoms with Crippen molar-refractivity contribution >= 4 is 38.9 Å². The van der Waals surface area contributed by atoms with E-state index in [1.165, 1.54) is 17.2 Å². The van der Waals surface area contributed by atoms with Crippen LogP contribution >= 0.6 is 11.6 Å². The fourth-order valence-corrected chi connectivity index (χ4v) is 7.40. The van der Waals surface area contributed by atoms with E-state index in [-0.39, 0.29) is 16.2 Å². The molecule has 0 radical (unpaired) electrons. The number of sulfonamides is 1. The monoisotopic (exact) mass is 737 g/mol. The van der Waals surface area contributed by atoms with E-state index in [9.17, 15) is 13.2 Å². The molecule has 270 valence electrons. The zero-order valence-corrected chi connectivity index (χ0v) is 31.3. The van der Waals surface area contributed by atoms with Gasteiger partial charge in [0.05, 0.1) is 10.5 Å². The van der Waals surface area contributed by atoms with Crippen LogP contribution in [0.15, 0.2) is 120 Å². The molecule has 1 heterocycles. The maximum Gasteiger partial charge on any atom is 0.268 e. The number of halogens is 1. The highest BCUT2D eigenvalue weighted by Crippen LogP contribution is 2.32. The third kappa shape index (κ3) is 9.32. The summed E-state index contributed by atoms with van der Waals surface area (Å²) in [5.74, 6) is 0.0357. The van der Waals surface area contributed by atoms with E-state index < -0.39 is 15.9 Å². The van der Waals surface area contributed by atoms with Crippen LogP contribution in [-0.4, -0.2) is 77.5 Å². The smallest absolute Gasteiger partial charge is 0.268 e. The molecule has 0 spiro atoms. The summed E-state index contributed by atoms with van der Waals surface area (Å²) < 4.78 is 35.3. The van der Waals surface area contributed by atoms with Gasteiger partial charge in [-0.05, 0) is 97.9 Å². The molecule has 11 heteroatoms. The van der Waals surface area contributed by atoms with Crippen LogP contribution in [0.3, 0.4) is 0 Å². The number of nitrogens with zero attached hydrogens (tertiary/aromatic N) is 3. The first-order valence-corrected chi connectivity index (χ1v) is 19.2. The molecule has 2 N–H and O–H groups in total. The lowest BCUT2D eigenvalue weighted by molar-refractivity contribution is 0.0979. The molecule has 5 aromatic rings. The molecule has 1 amide bonds. The van der Waals surface area contributed by atoms with E-state index in [1.807, 2.05) is 63.5 Å². The van der Waals surface area contributed by atoms with E-state index >= 15 is 0 Å². The standard InChI is InChI=1S/C41H44ClN5O4S/c1-30-27-36(18-20-39(30)43-21-22-45(2)3)52(49,50)44-41(48)38-19-17-34(28-40(38)51-35-10-5-4-6-11-35)47-25-23-46(24-26-47)29-32-9-7-8-12-37(32)31-13-15-33(42)16-14-31/h4-20,27-28,43H,21-26,29H2,1-3H3,(H,44,48). The average Bonchev–Trinajstić information content (AvgIpc) is 3.13. The van der Waals surface area contributed by atoms with E-state index in [0.717, 1.165) is 61.8 Å². The molecule has 0 bridgehead atoms. The molecule has 6 rings (SSSR count). The fraction of sp³-hybridized carbons (Fsp3) is 0.244. The van der Waals surface area contributed by atoms with Crippen LogP contribution in [0.2, 0.25) is 5.02 Å². The minimum atomic E-state index is -4.17. The largest absolute Gasteiger partial charge is 0.456 e. The molecule has 0 saturated carbocycles. The molecular weight excluding hydrogens is 694 g/mol. The van der Waals surface area contributed by atoms with E-state index in [0.29, 0.717) is 17.3 Å². The van der Waals surface area contributed by atoms with Crippen LogP contribution in [0, 0.1) is 6.92 Å². The molecule has 1 aliphatic rings. The van der Waals surface area contributed by atoms with Gasteiger partial charge in [-0.15, -0.1) is 0 Å². The third-order valence-corrected chi connectivity index (χ3v) is 10.7. The van der Waals surface area contributed by atoms with Crippen LogP contribution < -0.4 is 19.7 Å². The number of hydrogen-bond donors (Lipinski definition) is 2. The first-order valence-electron chi connectivity index (χ1n) is 17.3. The summed E-state index contributed by atoms with van der Waals surface area (Å²) in [6.07, 6.45) is 0. The van der Waals surface area contributed by atoms with E-state index in [4.69, 9.17) is 16.3 Å². The quantitative estimate of drug-likeness (QED) is 0.128. The van der Waals surface area contributed by atoms with Crippen molar-refractivity contribution in [3.05, 3.63) is 137 Å². The van der Waals surface area contributed by atoms with Crippen molar-refractivity contribution < 1.29 is 17.9 Å². The van der Waals surface area contributed by atoms with Gasteiger partial charge in [0.25, 0.3) is 15.9 Å². The second kappa shape index (κ2) is 16.6. The molecule has 0 atom stereocenters. The Labute approximate surface area is 311 Å². The molecule has 1 fully saturated rings. The van der Waals surface area contributed by atoms with Crippen LogP contribution in [-0.2, 0) is 16.6 Å². The number of rotatable bonds is 13. The minimum absolute atomic E-state index is 0.00678. The van der Waals surface area contributed by atoms with Gasteiger partial charge in [-0.25, -0.2) is 13.1 Å². The van der Waals surface area contributed by atoms with Crippen molar-refractivity contribution in [2.24, 2.45) is 0 Å².